The van der Waals surface area contributed by atoms with Gasteiger partial charge >= 0.3 is 0 Å². The highest BCUT2D eigenvalue weighted by Gasteiger charge is 2.58. The average molecular weight is 460 g/mol. The lowest BCUT2D eigenvalue weighted by Gasteiger charge is -2.45. The molecule has 4 heterocycles. The van der Waals surface area contributed by atoms with Crippen molar-refractivity contribution in [2.75, 3.05) is 51.3 Å². The fourth-order valence-electron chi connectivity index (χ4n) is 7.30. The van der Waals surface area contributed by atoms with Gasteiger partial charge < -0.3 is 15.0 Å². The topological polar surface area (TPSA) is 43.9 Å². The maximum Gasteiger partial charge on any atom is 0.0639 e. The number of rotatable bonds is 3. The second kappa shape index (κ2) is 8.30. The van der Waals surface area contributed by atoms with E-state index in [0.29, 0.717) is 18.1 Å². The van der Waals surface area contributed by atoms with Crippen molar-refractivity contribution in [3.63, 3.8) is 0 Å². The summed E-state index contributed by atoms with van der Waals surface area (Å²) in [4.78, 5) is 12.8. The van der Waals surface area contributed by atoms with Gasteiger partial charge in [-0.3, -0.25) is 14.8 Å². The highest BCUT2D eigenvalue weighted by atomic mass is 16.5. The Morgan fingerprint density at radius 1 is 1.15 bits per heavy atom. The van der Waals surface area contributed by atoms with Crippen LogP contribution in [0.2, 0.25) is 0 Å². The number of likely N-dealkylation sites (N-methyl/N-ethyl adjacent to an activating group) is 1. The summed E-state index contributed by atoms with van der Waals surface area (Å²) in [5, 5.41) is 3.99. The third kappa shape index (κ3) is 3.49. The Hall–Kier alpha value is -1.99. The molecule has 6 heteroatoms. The molecule has 2 aromatic rings. The number of benzene rings is 1. The van der Waals surface area contributed by atoms with Crippen molar-refractivity contribution in [2.45, 2.75) is 62.3 Å². The Morgan fingerprint density at radius 2 is 2.09 bits per heavy atom. The molecule has 4 atom stereocenters. The van der Waals surface area contributed by atoms with Gasteiger partial charge in [-0.2, -0.15) is 0 Å². The second-order valence-corrected chi connectivity index (χ2v) is 11.2. The molecule has 2 aliphatic carbocycles. The first-order valence-electron chi connectivity index (χ1n) is 13.3. The summed E-state index contributed by atoms with van der Waals surface area (Å²) in [5.74, 6) is 0. The Labute approximate surface area is 203 Å². The minimum atomic E-state index is 0.208. The van der Waals surface area contributed by atoms with Gasteiger partial charge in [0.15, 0.2) is 0 Å². The molecule has 3 unspecified atom stereocenters. The molecule has 180 valence electrons. The molecule has 5 aliphatic rings. The number of nitrogens with zero attached hydrogens (tertiary/aromatic N) is 4. The zero-order valence-electron chi connectivity index (χ0n) is 20.4. The number of hydrogen-bond donors (Lipinski definition) is 1. The number of fused-ring (bicyclic) bond motifs is 3. The molecule has 1 N–H and O–H groups in total. The van der Waals surface area contributed by atoms with Crippen LogP contribution in [0, 0.1) is 0 Å². The molecule has 2 saturated heterocycles. The largest absolute Gasteiger partial charge is 0.378 e. The maximum absolute atomic E-state index is 5.81. The minimum absolute atomic E-state index is 0.208. The van der Waals surface area contributed by atoms with Crippen LogP contribution in [0.25, 0.3) is 0 Å². The summed E-state index contributed by atoms with van der Waals surface area (Å²) in [6.45, 7) is 7.21. The number of pyridine rings is 1. The van der Waals surface area contributed by atoms with Crippen LogP contribution in [0.3, 0.4) is 0 Å². The molecule has 1 spiro atoms. The van der Waals surface area contributed by atoms with Gasteiger partial charge in [-0.1, -0.05) is 18.2 Å². The van der Waals surface area contributed by atoms with E-state index in [1.54, 1.807) is 5.56 Å². The predicted molar refractivity (Wildman–Crippen MR) is 134 cm³/mol. The number of nitrogens with one attached hydrogen (secondary N) is 1. The van der Waals surface area contributed by atoms with Gasteiger partial charge in [-0.25, -0.2) is 0 Å². The van der Waals surface area contributed by atoms with Crippen molar-refractivity contribution in [3.8, 4) is 0 Å². The van der Waals surface area contributed by atoms with E-state index in [-0.39, 0.29) is 5.54 Å². The van der Waals surface area contributed by atoms with Crippen molar-refractivity contribution in [2.24, 2.45) is 0 Å². The molecule has 3 fully saturated rings. The molecule has 0 amide bonds. The second-order valence-electron chi connectivity index (χ2n) is 11.2. The van der Waals surface area contributed by atoms with Crippen molar-refractivity contribution in [3.05, 3.63) is 58.9 Å². The summed E-state index contributed by atoms with van der Waals surface area (Å²) >= 11 is 0. The van der Waals surface area contributed by atoms with Gasteiger partial charge in [-0.15, -0.1) is 0 Å². The molecular formula is C28H37N5O. The number of ether oxygens (including phenoxy) is 1. The van der Waals surface area contributed by atoms with Gasteiger partial charge in [-0.05, 0) is 68.0 Å². The van der Waals surface area contributed by atoms with E-state index < -0.39 is 0 Å². The lowest BCUT2D eigenvalue weighted by atomic mass is 9.89. The Bertz CT molecular complexity index is 1070. The van der Waals surface area contributed by atoms with E-state index in [2.05, 4.69) is 57.4 Å². The van der Waals surface area contributed by atoms with Gasteiger partial charge in [0.25, 0.3) is 0 Å². The molecule has 0 radical (unpaired) electrons. The summed E-state index contributed by atoms with van der Waals surface area (Å²) < 4.78 is 5.81. The van der Waals surface area contributed by atoms with E-state index in [1.807, 2.05) is 6.20 Å². The van der Waals surface area contributed by atoms with Crippen LogP contribution in [0.4, 0.5) is 5.69 Å². The van der Waals surface area contributed by atoms with Gasteiger partial charge in [0.2, 0.25) is 0 Å². The van der Waals surface area contributed by atoms with E-state index in [9.17, 15) is 0 Å². The summed E-state index contributed by atoms with van der Waals surface area (Å²) in [6.07, 6.45) is 8.02. The van der Waals surface area contributed by atoms with Crippen molar-refractivity contribution >= 4 is 5.69 Å². The number of piperazine rings is 1. The predicted octanol–water partition coefficient (Wildman–Crippen LogP) is 2.77. The quantitative estimate of drug-likeness (QED) is 0.762. The van der Waals surface area contributed by atoms with Crippen LogP contribution in [0.15, 0.2) is 36.5 Å². The zero-order chi connectivity index (χ0) is 22.7. The first-order chi connectivity index (χ1) is 16.7. The Morgan fingerprint density at radius 3 is 3.06 bits per heavy atom. The van der Waals surface area contributed by atoms with E-state index in [1.165, 1.54) is 48.2 Å². The van der Waals surface area contributed by atoms with Crippen LogP contribution in [-0.4, -0.2) is 78.8 Å². The molecule has 1 saturated carbocycles. The summed E-state index contributed by atoms with van der Waals surface area (Å²) in [6, 6.07) is 12.9. The zero-order valence-corrected chi connectivity index (χ0v) is 20.4. The third-order valence-electron chi connectivity index (χ3n) is 9.33. The minimum Gasteiger partial charge on any atom is -0.378 e. The lowest BCUT2D eigenvalue weighted by Crippen LogP contribution is -2.58. The van der Waals surface area contributed by atoms with Crippen molar-refractivity contribution < 1.29 is 4.74 Å². The highest BCUT2D eigenvalue weighted by Crippen LogP contribution is 2.50. The molecule has 3 aliphatic heterocycles. The molecule has 1 aromatic heterocycles. The molecule has 7 rings (SSSR count). The number of aromatic nitrogens is 1. The molecule has 34 heavy (non-hydrogen) atoms. The van der Waals surface area contributed by atoms with Crippen LogP contribution in [0.1, 0.15) is 47.7 Å². The normalized spacial score (nSPS) is 32.9. The van der Waals surface area contributed by atoms with Crippen molar-refractivity contribution in [1.29, 1.82) is 0 Å². The van der Waals surface area contributed by atoms with E-state index >= 15 is 0 Å². The van der Waals surface area contributed by atoms with Gasteiger partial charge in [0.05, 0.1) is 31.0 Å². The lowest BCUT2D eigenvalue weighted by molar-refractivity contribution is -0.0117. The van der Waals surface area contributed by atoms with E-state index in [4.69, 9.17) is 9.72 Å². The molecular weight excluding hydrogens is 422 g/mol. The number of anilines is 1. The Kier molecular flexibility index (Phi) is 5.20. The molecule has 6 nitrogen and oxygen atoms in total. The summed E-state index contributed by atoms with van der Waals surface area (Å²) in [5.41, 5.74) is 7.53. The Balaban J connectivity index is 1.12. The summed E-state index contributed by atoms with van der Waals surface area (Å²) in [7, 11) is 2.35. The average Bonchev–Trinajstić information content (AvgIpc) is 3.59. The number of morpholine rings is 1. The number of aryl methyl sites for hydroxylation is 1. The fraction of sp³-hybridized carbons (Fsp3) is 0.607. The maximum atomic E-state index is 5.81. The molecule has 0 bridgehead atoms. The SMILES string of the molecule is CN(C1CC12Cc1c(cccc1N1CCN3CCOCC3C1)CN2)[C@H]1CCCc2cccnc21. The number of hydrogen-bond acceptors (Lipinski definition) is 6. The van der Waals surface area contributed by atoms with Crippen LogP contribution in [0.5, 0.6) is 0 Å². The van der Waals surface area contributed by atoms with Crippen LogP contribution < -0.4 is 10.2 Å². The van der Waals surface area contributed by atoms with Crippen LogP contribution in [-0.2, 0) is 24.1 Å². The fourth-order valence-corrected chi connectivity index (χ4v) is 7.30. The van der Waals surface area contributed by atoms with Gasteiger partial charge in [0, 0.05) is 56.2 Å². The third-order valence-corrected chi connectivity index (χ3v) is 9.33. The van der Waals surface area contributed by atoms with Crippen molar-refractivity contribution in [1.82, 2.24) is 20.1 Å². The molecule has 1 aromatic carbocycles. The standard InChI is InChI=1S/C28H37N5O/c1-31(25-9-2-5-20-7-4-10-29-27(20)25)26-16-28(26)15-23-21(17-30-28)6-3-8-24(23)33-12-11-32-13-14-34-19-22(32)18-33/h3-4,6-8,10,22,25-26,30H,2,5,9,11-19H2,1H3/t22?,25-,26?,28?/m0/s1. The first-order valence-corrected chi connectivity index (χ1v) is 13.3. The monoisotopic (exact) mass is 459 g/mol. The van der Waals surface area contributed by atoms with Crippen LogP contribution >= 0.6 is 0 Å². The van der Waals surface area contributed by atoms with E-state index in [0.717, 1.165) is 52.4 Å². The first kappa shape index (κ1) is 21.3. The smallest absolute Gasteiger partial charge is 0.0639 e. The highest BCUT2D eigenvalue weighted by molar-refractivity contribution is 5.60. The van der Waals surface area contributed by atoms with Gasteiger partial charge in [0.1, 0.15) is 0 Å².